The Bertz CT molecular complexity index is 3000. The zero-order valence-electron chi connectivity index (χ0n) is 51.8. The standard InChI is InChI=1S/C54H88O35S3/c1-21-38(85-45-37(65)40(32(60)25(83-45)20-80-91(70,71)72)86-44-36(64)39(76-9)31(59)24(82-44)19-79-90(67,68)69)35(63)42(87-43-34(62)30(58)23(56)17-77-43)47(81-21)88-41-33(61)26(89-92(73,74)75)18-78-46(41)84-29-10-11-51(6)27(49(29,3)4)16-28(57)54(51)15-14-53(8)50(5,22(2)55)12-13-52(53,7)48(54)66/h21,23-47,56-65H,10-20H2,1-9H3,(H,67,68,69)(H,70,71,72)(H,73,74,75)/t21-,23-,24-,25-,26-,27+,28-,29+,30+,31-,32-,33+,34-,35+,36-,37-,38-,39+,40+,41-,42-,43+,44+,45+,46+,47+,50-,51+,52+,53-,54-/m1/s1. The fourth-order valence-corrected chi connectivity index (χ4v) is 17.7. The predicted molar refractivity (Wildman–Crippen MR) is 298 cm³/mol. The highest BCUT2D eigenvalue weighted by Crippen LogP contribution is 2.77. The Morgan fingerprint density at radius 1 is 0.554 bits per heavy atom. The zero-order chi connectivity index (χ0) is 68.3. The van der Waals surface area contributed by atoms with Crippen molar-refractivity contribution in [3.8, 4) is 0 Å². The van der Waals surface area contributed by atoms with Crippen molar-refractivity contribution in [1.29, 1.82) is 0 Å². The molecule has 0 unspecified atom stereocenters. The lowest BCUT2D eigenvalue weighted by Gasteiger charge is -2.63. The molecule has 5 heterocycles. The van der Waals surface area contributed by atoms with Crippen LogP contribution >= 0.6 is 0 Å². The molecule has 35 nitrogen and oxygen atoms in total. The minimum atomic E-state index is -5.36. The topological polar surface area (TPSA) is 529 Å². The van der Waals surface area contributed by atoms with Gasteiger partial charge in [0, 0.05) is 17.9 Å². The van der Waals surface area contributed by atoms with E-state index in [1.54, 1.807) is 6.92 Å². The second-order valence-corrected chi connectivity index (χ2v) is 30.6. The Morgan fingerprint density at radius 2 is 1.09 bits per heavy atom. The van der Waals surface area contributed by atoms with Gasteiger partial charge in [0.05, 0.1) is 50.2 Å². The first-order chi connectivity index (χ1) is 42.4. The molecule has 38 heteroatoms. The van der Waals surface area contributed by atoms with Crippen LogP contribution in [0.3, 0.4) is 0 Å². The van der Waals surface area contributed by atoms with E-state index in [2.05, 4.69) is 8.37 Å². The summed E-state index contributed by atoms with van der Waals surface area (Å²) in [4.78, 5) is 28.8. The maximum atomic E-state index is 15.5. The van der Waals surface area contributed by atoms with Crippen LogP contribution in [0.15, 0.2) is 0 Å². The van der Waals surface area contributed by atoms with Crippen molar-refractivity contribution in [3.05, 3.63) is 0 Å². The molecule has 5 saturated heterocycles. The average Bonchev–Trinajstić information content (AvgIpc) is 1.46. The fraction of sp³-hybridized carbons (Fsp3) is 0.963. The van der Waals surface area contributed by atoms with E-state index < -0.39 is 250 Å². The molecule has 9 aliphatic rings. The number of Topliss-reactive ketones (excluding diaryl/α,β-unsaturated/α-hetero) is 2. The second-order valence-electron chi connectivity index (χ2n) is 27.3. The molecule has 0 aromatic heterocycles. The molecule has 0 bridgehead atoms. The van der Waals surface area contributed by atoms with E-state index in [4.69, 9.17) is 56.3 Å². The molecule has 4 aliphatic carbocycles. The van der Waals surface area contributed by atoms with E-state index in [0.717, 1.165) is 7.11 Å². The molecule has 13 N–H and O–H groups in total. The summed E-state index contributed by atoms with van der Waals surface area (Å²) >= 11 is 0. The van der Waals surface area contributed by atoms with Gasteiger partial charge in [-0.05, 0) is 81.0 Å². The van der Waals surface area contributed by atoms with Gasteiger partial charge < -0.3 is 103 Å². The number of hydrogen-bond donors (Lipinski definition) is 13. The highest BCUT2D eigenvalue weighted by Gasteiger charge is 2.79. The van der Waals surface area contributed by atoms with Crippen molar-refractivity contribution < 1.29 is 164 Å². The quantitative estimate of drug-likeness (QED) is 0.0515. The van der Waals surface area contributed by atoms with Gasteiger partial charge in [-0.25, -0.2) is 12.5 Å². The van der Waals surface area contributed by atoms with Crippen LogP contribution in [-0.4, -0.2) is 289 Å². The lowest BCUT2D eigenvalue weighted by Crippen LogP contribution is -2.68. The monoisotopic (exact) mass is 1390 g/mol. The van der Waals surface area contributed by atoms with Gasteiger partial charge in [0.25, 0.3) is 0 Å². The van der Waals surface area contributed by atoms with Crippen LogP contribution in [0.2, 0.25) is 0 Å². The smallest absolute Gasteiger partial charge is 0.392 e. The van der Waals surface area contributed by atoms with Gasteiger partial charge in [-0.2, -0.15) is 25.3 Å². The van der Waals surface area contributed by atoms with Crippen LogP contribution in [0.1, 0.15) is 100 Å². The van der Waals surface area contributed by atoms with Crippen molar-refractivity contribution in [2.45, 2.75) is 254 Å². The number of fused-ring (bicyclic) bond motifs is 3. The first kappa shape index (κ1) is 74.3. The lowest BCUT2D eigenvalue weighted by molar-refractivity contribution is -0.403. The number of ether oxygens (including phenoxy) is 11. The summed E-state index contributed by atoms with van der Waals surface area (Å²) in [6.45, 7) is 10.5. The Morgan fingerprint density at radius 3 is 1.65 bits per heavy atom. The van der Waals surface area contributed by atoms with Gasteiger partial charge in [-0.15, -0.1) is 0 Å². The molecule has 5 aliphatic heterocycles. The van der Waals surface area contributed by atoms with Gasteiger partial charge >= 0.3 is 31.2 Å². The third kappa shape index (κ3) is 13.3. The number of hydrogen-bond acceptors (Lipinski definition) is 32. The van der Waals surface area contributed by atoms with Crippen LogP contribution in [-0.2, 0) is 105 Å². The Labute approximate surface area is 530 Å². The van der Waals surface area contributed by atoms with Gasteiger partial charge in [-0.3, -0.25) is 23.2 Å². The van der Waals surface area contributed by atoms with Crippen molar-refractivity contribution in [1.82, 2.24) is 0 Å². The number of aliphatic hydroxyl groups excluding tert-OH is 10. The summed E-state index contributed by atoms with van der Waals surface area (Å²) in [6.07, 6.45) is -45.9. The minimum absolute atomic E-state index is 0.0108. The Kier molecular flexibility index (Phi) is 21.5. The number of rotatable bonds is 20. The molecular formula is C54H88O35S3. The third-order valence-electron chi connectivity index (χ3n) is 22.4. The van der Waals surface area contributed by atoms with Gasteiger partial charge in [0.2, 0.25) is 0 Å². The van der Waals surface area contributed by atoms with Crippen molar-refractivity contribution >= 4 is 42.8 Å². The van der Waals surface area contributed by atoms with Crippen molar-refractivity contribution in [2.75, 3.05) is 33.5 Å². The van der Waals surface area contributed by atoms with Crippen LogP contribution in [0, 0.1) is 38.4 Å². The minimum Gasteiger partial charge on any atom is -0.392 e. The molecule has 9 rings (SSSR count). The van der Waals surface area contributed by atoms with E-state index in [-0.39, 0.29) is 24.4 Å². The average molecular weight is 1390 g/mol. The Balaban J connectivity index is 1.00. The van der Waals surface area contributed by atoms with Crippen molar-refractivity contribution in [3.63, 3.8) is 0 Å². The molecule has 0 aromatic rings. The summed E-state index contributed by atoms with van der Waals surface area (Å²) in [6, 6.07) is 0. The molecule has 92 heavy (non-hydrogen) atoms. The molecule has 31 atom stereocenters. The van der Waals surface area contributed by atoms with Crippen LogP contribution in [0.5, 0.6) is 0 Å². The maximum absolute atomic E-state index is 15.5. The molecule has 532 valence electrons. The van der Waals surface area contributed by atoms with Crippen LogP contribution in [0.25, 0.3) is 0 Å². The molecule has 1 spiro atoms. The van der Waals surface area contributed by atoms with E-state index in [1.165, 1.54) is 6.92 Å². The number of carbonyl (C=O) groups is 2. The number of aliphatic hydroxyl groups is 10. The summed E-state index contributed by atoms with van der Waals surface area (Å²) in [5.41, 5.74) is -5.46. The van der Waals surface area contributed by atoms with E-state index in [9.17, 15) is 94.8 Å². The highest BCUT2D eigenvalue weighted by molar-refractivity contribution is 7.81. The largest absolute Gasteiger partial charge is 0.397 e. The first-order valence-electron chi connectivity index (χ1n) is 30.2. The van der Waals surface area contributed by atoms with E-state index in [1.807, 2.05) is 41.5 Å². The zero-order valence-corrected chi connectivity index (χ0v) is 54.3. The Hall–Kier alpha value is -1.89. The predicted octanol–water partition coefficient (Wildman–Crippen LogP) is -4.13. The molecule has 0 radical (unpaired) electrons. The van der Waals surface area contributed by atoms with Crippen LogP contribution < -0.4 is 0 Å². The normalized spacial score (nSPS) is 50.1. The maximum Gasteiger partial charge on any atom is 0.397 e. The summed E-state index contributed by atoms with van der Waals surface area (Å²) in [7, 11) is -14.9. The molecule has 4 saturated carbocycles. The van der Waals surface area contributed by atoms with Crippen molar-refractivity contribution in [2.24, 2.45) is 38.4 Å². The van der Waals surface area contributed by atoms with Gasteiger partial charge in [-0.1, -0.05) is 41.5 Å². The number of carbonyl (C=O) groups excluding carboxylic acids is 2. The molecule has 9 fully saturated rings. The molecule has 0 amide bonds. The molecule has 0 aromatic carbocycles. The summed E-state index contributed by atoms with van der Waals surface area (Å²) < 4.78 is 178. The third-order valence-corrected chi connectivity index (χ3v) is 23.7. The number of ketones is 2. The van der Waals surface area contributed by atoms with Gasteiger partial charge in [0.1, 0.15) is 115 Å². The SMILES string of the molecule is CO[C@@H]1[C@@H](O)[C@H](O[C@@H]2[C@@H](O)[C@H](O[C@H]3[C@H](O)[C@@H](O[C@@H]4OC[C@@H](O)[C@H](O)[C@H]4O)[C@H](O[C@H]4[C@H](O[C@H]5CC[C@@]6(C)[C@@H](C[C@@H](O)[C@@]67CC[C@@]6(C)[C@@](C)(CC[C@]6(C)C(C)=O)C7=O)C5(C)C)OC[C@@H](OS(=O)(=O)O)[C@@H]4O)O[C@@H]3C)O[C@H](COS(=O)(=O)O)[C@H]2O)O[C@H](COS(=O)(=O)O)[C@H]1O. The van der Waals surface area contributed by atoms with E-state index in [0.29, 0.717) is 32.1 Å². The summed E-state index contributed by atoms with van der Waals surface area (Å²) in [5, 5.41) is 115. The fourth-order valence-electron chi connectivity index (χ4n) is 16.7. The first-order valence-corrected chi connectivity index (χ1v) is 34.3. The molecular weight excluding hydrogens is 1300 g/mol. The lowest BCUT2D eigenvalue weighted by atomic mass is 9.40. The second kappa shape index (κ2) is 26.7. The van der Waals surface area contributed by atoms with Crippen LogP contribution in [0.4, 0.5) is 0 Å². The highest BCUT2D eigenvalue weighted by atomic mass is 32.3. The number of methoxy groups -OCH3 is 1. The summed E-state index contributed by atoms with van der Waals surface area (Å²) in [5.74, 6) is -0.540. The van der Waals surface area contributed by atoms with Gasteiger partial charge in [0.15, 0.2) is 31.5 Å². The van der Waals surface area contributed by atoms with E-state index >= 15 is 4.79 Å².